The molecule has 2 amide bonds. The Bertz CT molecular complexity index is 1030. The van der Waals surface area contributed by atoms with Gasteiger partial charge >= 0.3 is 0 Å². The molecule has 156 valence electrons. The van der Waals surface area contributed by atoms with Crippen molar-refractivity contribution in [2.24, 2.45) is 5.92 Å². The van der Waals surface area contributed by atoms with Gasteiger partial charge in [0.2, 0.25) is 5.91 Å². The number of hydrogen-bond acceptors (Lipinski definition) is 4. The summed E-state index contributed by atoms with van der Waals surface area (Å²) >= 11 is 0. The fraction of sp³-hybridized carbons (Fsp3) is 0.417. The van der Waals surface area contributed by atoms with Gasteiger partial charge in [-0.25, -0.2) is 0 Å². The van der Waals surface area contributed by atoms with Crippen molar-refractivity contribution in [1.82, 2.24) is 4.90 Å². The van der Waals surface area contributed by atoms with E-state index >= 15 is 0 Å². The smallest absolute Gasteiger partial charge is 0.254 e. The molecule has 5 rings (SSSR count). The number of likely N-dealkylation sites (N-methyl/N-ethyl adjacent to an activating group) is 1. The van der Waals surface area contributed by atoms with Crippen molar-refractivity contribution in [3.8, 4) is 0 Å². The van der Waals surface area contributed by atoms with Crippen molar-refractivity contribution < 1.29 is 14.0 Å². The fourth-order valence-corrected chi connectivity index (χ4v) is 4.66. The Balaban J connectivity index is 1.76. The number of benzene rings is 1. The van der Waals surface area contributed by atoms with E-state index < -0.39 is 6.04 Å². The summed E-state index contributed by atoms with van der Waals surface area (Å²) in [6.07, 6.45) is 5.12. The Morgan fingerprint density at radius 1 is 1.17 bits per heavy atom. The summed E-state index contributed by atoms with van der Waals surface area (Å²) in [5.74, 6) is 0.584. The van der Waals surface area contributed by atoms with Gasteiger partial charge in [0.25, 0.3) is 5.91 Å². The number of amides is 2. The third-order valence-electron chi connectivity index (χ3n) is 6.86. The van der Waals surface area contributed by atoms with E-state index in [0.29, 0.717) is 17.8 Å². The van der Waals surface area contributed by atoms with Crippen LogP contribution < -0.4 is 10.2 Å². The minimum Gasteiger partial charge on any atom is -0.467 e. The van der Waals surface area contributed by atoms with Crippen LogP contribution in [0.5, 0.6) is 0 Å². The second-order valence-corrected chi connectivity index (χ2v) is 9.14. The van der Waals surface area contributed by atoms with E-state index in [2.05, 4.69) is 19.2 Å². The lowest BCUT2D eigenvalue weighted by molar-refractivity contribution is -0.132. The molecule has 1 saturated carbocycles. The molecule has 1 N–H and O–H groups in total. The zero-order valence-corrected chi connectivity index (χ0v) is 17.6. The summed E-state index contributed by atoms with van der Waals surface area (Å²) in [6, 6.07) is 10.9. The number of furan rings is 1. The van der Waals surface area contributed by atoms with Crippen molar-refractivity contribution in [1.29, 1.82) is 0 Å². The zero-order chi connectivity index (χ0) is 21.0. The summed E-state index contributed by atoms with van der Waals surface area (Å²) in [6.45, 7) is 4.12. The highest BCUT2D eigenvalue weighted by atomic mass is 16.3. The molecule has 2 aromatic rings. The maximum absolute atomic E-state index is 13.7. The van der Waals surface area contributed by atoms with Crippen LogP contribution in [0.25, 0.3) is 0 Å². The first-order valence-electron chi connectivity index (χ1n) is 10.6. The Morgan fingerprint density at radius 3 is 2.60 bits per heavy atom. The molecule has 6 nitrogen and oxygen atoms in total. The third-order valence-corrected chi connectivity index (χ3v) is 6.86. The number of para-hydroxylation sites is 2. The van der Waals surface area contributed by atoms with Gasteiger partial charge in [-0.2, -0.15) is 0 Å². The van der Waals surface area contributed by atoms with E-state index in [4.69, 9.17) is 4.42 Å². The number of nitrogens with one attached hydrogen (secondary N) is 1. The number of carbonyl (C=O) groups is 2. The van der Waals surface area contributed by atoms with E-state index in [9.17, 15) is 9.59 Å². The Kier molecular flexibility index (Phi) is 4.27. The molecule has 2 aliphatic heterocycles. The van der Waals surface area contributed by atoms with Crippen molar-refractivity contribution in [2.45, 2.75) is 51.1 Å². The maximum atomic E-state index is 13.7. The molecule has 3 aliphatic rings. The molecule has 1 aromatic carbocycles. The number of fused-ring (bicyclic) bond motifs is 1. The highest BCUT2D eigenvalue weighted by molar-refractivity contribution is 6.06. The number of hydrogen-bond donors (Lipinski definition) is 1. The van der Waals surface area contributed by atoms with E-state index in [1.165, 1.54) is 0 Å². The minimum atomic E-state index is -0.592. The first-order valence-corrected chi connectivity index (χ1v) is 10.6. The molecule has 1 aliphatic carbocycles. The summed E-state index contributed by atoms with van der Waals surface area (Å²) in [5, 5.41) is 3.52. The molecular weight excluding hydrogens is 378 g/mol. The van der Waals surface area contributed by atoms with Crippen LogP contribution in [0.1, 0.15) is 51.3 Å². The van der Waals surface area contributed by atoms with Crippen LogP contribution in [0.3, 0.4) is 0 Å². The van der Waals surface area contributed by atoms with E-state index in [0.717, 1.165) is 36.3 Å². The van der Waals surface area contributed by atoms with Gasteiger partial charge in [-0.05, 0) is 51.0 Å². The lowest BCUT2D eigenvalue weighted by Gasteiger charge is -2.43. The molecular formula is C24H27N3O3. The van der Waals surface area contributed by atoms with Gasteiger partial charge in [0, 0.05) is 30.6 Å². The van der Waals surface area contributed by atoms with Crippen LogP contribution in [-0.2, 0) is 9.59 Å². The highest BCUT2D eigenvalue weighted by Gasteiger charge is 2.47. The first kappa shape index (κ1) is 19.0. The molecule has 0 radical (unpaired) electrons. The van der Waals surface area contributed by atoms with Gasteiger partial charge in [-0.15, -0.1) is 0 Å². The normalized spacial score (nSPS) is 23.3. The van der Waals surface area contributed by atoms with Gasteiger partial charge < -0.3 is 14.6 Å². The summed E-state index contributed by atoms with van der Waals surface area (Å²) < 4.78 is 5.81. The van der Waals surface area contributed by atoms with Crippen molar-refractivity contribution >= 4 is 23.2 Å². The van der Waals surface area contributed by atoms with Crippen LogP contribution in [-0.4, -0.2) is 29.3 Å². The summed E-state index contributed by atoms with van der Waals surface area (Å²) in [7, 11) is 1.83. The summed E-state index contributed by atoms with van der Waals surface area (Å²) in [5.41, 5.74) is 2.76. The molecule has 3 heterocycles. The molecule has 6 heteroatoms. The standard InChI is InChI=1S/C24H27N3O3/c1-24(2)14-17-20(23(29)26(24)3)21(19-12-7-13-30-19)27(22(28)15-8-6-9-15)18-11-5-4-10-16(18)25-17/h4-5,7,10-13,15,21,25H,6,8-9,14H2,1-3H3. The predicted octanol–water partition coefficient (Wildman–Crippen LogP) is 4.47. The largest absolute Gasteiger partial charge is 0.467 e. The average Bonchev–Trinajstić information content (AvgIpc) is 3.14. The van der Waals surface area contributed by atoms with Crippen molar-refractivity contribution in [3.63, 3.8) is 0 Å². The topological polar surface area (TPSA) is 65.8 Å². The summed E-state index contributed by atoms with van der Waals surface area (Å²) in [4.78, 5) is 30.9. The van der Waals surface area contributed by atoms with Gasteiger partial charge in [0.1, 0.15) is 11.8 Å². The second-order valence-electron chi connectivity index (χ2n) is 9.14. The van der Waals surface area contributed by atoms with E-state index in [1.54, 1.807) is 16.1 Å². The minimum absolute atomic E-state index is 0.00877. The molecule has 1 unspecified atom stereocenters. The monoisotopic (exact) mass is 405 g/mol. The van der Waals surface area contributed by atoms with E-state index in [1.807, 2.05) is 43.4 Å². The number of rotatable bonds is 2. The molecule has 0 saturated heterocycles. The highest BCUT2D eigenvalue weighted by Crippen LogP contribution is 2.48. The SMILES string of the molecule is CN1C(=O)C2=C(CC1(C)C)Nc1ccccc1N(C(=O)C1CCC1)C2c1ccco1. The van der Waals surface area contributed by atoms with Crippen molar-refractivity contribution in [2.75, 3.05) is 17.3 Å². The van der Waals surface area contributed by atoms with Gasteiger partial charge in [-0.3, -0.25) is 14.5 Å². The molecule has 1 aromatic heterocycles. The second kappa shape index (κ2) is 6.76. The van der Waals surface area contributed by atoms with Gasteiger partial charge in [-0.1, -0.05) is 18.6 Å². The Morgan fingerprint density at radius 2 is 1.93 bits per heavy atom. The Hall–Kier alpha value is -3.02. The van der Waals surface area contributed by atoms with Crippen LogP contribution in [0, 0.1) is 5.92 Å². The molecule has 30 heavy (non-hydrogen) atoms. The van der Waals surface area contributed by atoms with Crippen LogP contribution in [0.2, 0.25) is 0 Å². The quantitative estimate of drug-likeness (QED) is 0.800. The lowest BCUT2D eigenvalue weighted by atomic mass is 9.82. The maximum Gasteiger partial charge on any atom is 0.254 e. The van der Waals surface area contributed by atoms with Crippen LogP contribution in [0.15, 0.2) is 58.3 Å². The van der Waals surface area contributed by atoms with Crippen molar-refractivity contribution in [3.05, 3.63) is 59.7 Å². The lowest BCUT2D eigenvalue weighted by Crippen LogP contribution is -2.52. The van der Waals surface area contributed by atoms with E-state index in [-0.39, 0.29) is 23.3 Å². The molecule has 1 atom stereocenters. The van der Waals surface area contributed by atoms with Gasteiger partial charge in [0.15, 0.2) is 0 Å². The van der Waals surface area contributed by atoms with Crippen LogP contribution in [0.4, 0.5) is 11.4 Å². The molecule has 0 spiro atoms. The van der Waals surface area contributed by atoms with Crippen LogP contribution >= 0.6 is 0 Å². The molecule has 1 fully saturated rings. The zero-order valence-electron chi connectivity index (χ0n) is 17.6. The number of anilines is 2. The Labute approximate surface area is 176 Å². The fourth-order valence-electron chi connectivity index (χ4n) is 4.66. The number of carbonyl (C=O) groups excluding carboxylic acids is 2. The predicted molar refractivity (Wildman–Crippen MR) is 115 cm³/mol. The third kappa shape index (κ3) is 2.77. The van der Waals surface area contributed by atoms with Gasteiger partial charge in [0.05, 0.1) is 23.2 Å². The first-order chi connectivity index (χ1) is 14.4. The average molecular weight is 405 g/mol. The molecule has 0 bridgehead atoms. The number of nitrogens with zero attached hydrogens (tertiary/aromatic N) is 2.